The molecule has 1 rings (SSSR count). The fourth-order valence-electron chi connectivity index (χ4n) is 1.37. The summed E-state index contributed by atoms with van der Waals surface area (Å²) in [5, 5.41) is 18.5. The van der Waals surface area contributed by atoms with E-state index in [4.69, 9.17) is 11.0 Å². The maximum atomic E-state index is 12.4. The first kappa shape index (κ1) is 15.0. The molecule has 0 saturated heterocycles. The number of nitriles is 1. The van der Waals surface area contributed by atoms with E-state index >= 15 is 0 Å². The lowest BCUT2D eigenvalue weighted by molar-refractivity contribution is -0.137. The monoisotopic (exact) mass is 286 g/mol. The molecule has 0 saturated carbocycles. The molecule has 0 bridgehead atoms. The molecular weight excluding hydrogens is 277 g/mol. The molecule has 100 valence electrons. The summed E-state index contributed by atoms with van der Waals surface area (Å²) in [4.78, 5) is -0.0165. The first-order valence-electron chi connectivity index (χ1n) is 5.04. The highest BCUT2D eigenvalue weighted by atomic mass is 32.1. The van der Waals surface area contributed by atoms with Crippen molar-refractivity contribution >= 4 is 22.8 Å². The summed E-state index contributed by atoms with van der Waals surface area (Å²) in [7, 11) is 0. The molecule has 0 aliphatic heterocycles. The van der Waals surface area contributed by atoms with Crippen molar-refractivity contribution < 1.29 is 18.3 Å². The van der Waals surface area contributed by atoms with Crippen LogP contribution < -0.4 is 5.73 Å². The van der Waals surface area contributed by atoms with Gasteiger partial charge in [0.2, 0.25) is 0 Å². The van der Waals surface area contributed by atoms with Gasteiger partial charge in [-0.15, -0.1) is 0 Å². The highest BCUT2D eigenvalue weighted by Gasteiger charge is 2.30. The molecule has 0 spiro atoms. The summed E-state index contributed by atoms with van der Waals surface area (Å²) in [6.07, 6.45) is -4.63. The van der Waals surface area contributed by atoms with Crippen molar-refractivity contribution in [2.24, 2.45) is 5.73 Å². The largest absolute Gasteiger partial charge is 0.510 e. The second-order valence-corrected chi connectivity index (χ2v) is 4.18. The highest BCUT2D eigenvalue weighted by molar-refractivity contribution is 7.80. The van der Waals surface area contributed by atoms with Gasteiger partial charge in [0, 0.05) is 0 Å². The van der Waals surface area contributed by atoms with Crippen molar-refractivity contribution in [1.82, 2.24) is 0 Å². The summed E-state index contributed by atoms with van der Waals surface area (Å²) < 4.78 is 37.1. The third-order valence-corrected chi connectivity index (χ3v) is 2.39. The lowest BCUT2D eigenvalue weighted by Gasteiger charge is -2.08. The fourth-order valence-corrected chi connectivity index (χ4v) is 1.51. The smallest absolute Gasteiger partial charge is 0.416 e. The summed E-state index contributed by atoms with van der Waals surface area (Å²) in [5.74, 6) is -0.366. The molecule has 0 aromatic heterocycles. The van der Waals surface area contributed by atoms with E-state index in [9.17, 15) is 18.3 Å². The van der Waals surface area contributed by atoms with E-state index < -0.39 is 11.7 Å². The van der Waals surface area contributed by atoms with E-state index in [2.05, 4.69) is 12.2 Å². The number of rotatable bonds is 3. The Morgan fingerprint density at radius 3 is 2.21 bits per heavy atom. The van der Waals surface area contributed by atoms with Crippen LogP contribution in [0.5, 0.6) is 0 Å². The predicted molar refractivity (Wildman–Crippen MR) is 68.0 cm³/mol. The van der Waals surface area contributed by atoms with E-state index in [1.54, 1.807) is 6.07 Å². The maximum absolute atomic E-state index is 12.4. The Labute approximate surface area is 112 Å². The Morgan fingerprint density at radius 2 is 1.84 bits per heavy atom. The fraction of sp³-hybridized carbons (Fsp3) is 0.167. The van der Waals surface area contributed by atoms with E-state index in [1.807, 2.05) is 0 Å². The van der Waals surface area contributed by atoms with Gasteiger partial charge in [-0.2, -0.15) is 18.4 Å². The molecule has 0 radical (unpaired) electrons. The van der Waals surface area contributed by atoms with Gasteiger partial charge in [0.05, 0.1) is 22.5 Å². The van der Waals surface area contributed by atoms with Crippen LogP contribution in [0.25, 0.3) is 5.57 Å². The molecule has 1 aromatic carbocycles. The first-order valence-corrected chi connectivity index (χ1v) is 5.44. The van der Waals surface area contributed by atoms with Gasteiger partial charge in [-0.25, -0.2) is 0 Å². The van der Waals surface area contributed by atoms with Crippen LogP contribution >= 0.6 is 12.2 Å². The van der Waals surface area contributed by atoms with Gasteiger partial charge < -0.3 is 10.8 Å². The van der Waals surface area contributed by atoms with Crippen molar-refractivity contribution in [2.45, 2.75) is 12.6 Å². The molecule has 0 atom stereocenters. The summed E-state index contributed by atoms with van der Waals surface area (Å²) in [5.41, 5.74) is 4.41. The Kier molecular flexibility index (Phi) is 4.51. The van der Waals surface area contributed by atoms with Crippen LogP contribution in [0.3, 0.4) is 0 Å². The Balaban J connectivity index is 3.15. The molecule has 0 unspecified atom stereocenters. The molecule has 0 amide bonds. The van der Waals surface area contributed by atoms with Crippen molar-refractivity contribution in [3.05, 3.63) is 41.2 Å². The molecular formula is C12H9F3N2OS. The van der Waals surface area contributed by atoms with Crippen LogP contribution in [0.1, 0.15) is 17.5 Å². The number of alkyl halides is 3. The summed E-state index contributed by atoms with van der Waals surface area (Å²) in [6, 6.07) is 5.60. The van der Waals surface area contributed by atoms with Gasteiger partial charge in [-0.3, -0.25) is 0 Å². The Morgan fingerprint density at radius 1 is 1.32 bits per heavy atom. The number of nitrogens with two attached hydrogens (primary N) is 1. The molecule has 0 heterocycles. The van der Waals surface area contributed by atoms with Crippen molar-refractivity contribution in [1.29, 1.82) is 5.26 Å². The summed E-state index contributed by atoms with van der Waals surface area (Å²) >= 11 is 4.58. The number of aliphatic hydroxyl groups excluding tert-OH is 1. The molecule has 0 aliphatic carbocycles. The van der Waals surface area contributed by atoms with Gasteiger partial charge >= 0.3 is 6.18 Å². The number of hydrogen-bond donors (Lipinski definition) is 2. The molecule has 0 aliphatic rings. The van der Waals surface area contributed by atoms with Gasteiger partial charge in [0.25, 0.3) is 0 Å². The minimum Gasteiger partial charge on any atom is -0.510 e. The number of nitrogens with zero attached hydrogens (tertiary/aromatic N) is 1. The zero-order valence-corrected chi connectivity index (χ0v) is 10.3. The highest BCUT2D eigenvalue weighted by Crippen LogP contribution is 2.30. The van der Waals surface area contributed by atoms with Crippen LogP contribution in [0.15, 0.2) is 30.0 Å². The standard InChI is InChI=1S/C12H9F3N2OS/c13-12(14,15)8-3-1-7(2-4-8)9(6-16)10(18)5-11(17)19/h1-4,18H,5H2,(H2,17,19). The lowest BCUT2D eigenvalue weighted by atomic mass is 10.0. The quantitative estimate of drug-likeness (QED) is 0.508. The number of allylic oxidation sites excluding steroid dienone is 1. The predicted octanol–water partition coefficient (Wildman–Crippen LogP) is 3.17. The van der Waals surface area contributed by atoms with E-state index in [0.29, 0.717) is 0 Å². The van der Waals surface area contributed by atoms with Crippen LogP contribution in [0, 0.1) is 11.3 Å². The Hall–Kier alpha value is -2.07. The second kappa shape index (κ2) is 5.71. The van der Waals surface area contributed by atoms with Gasteiger partial charge in [-0.05, 0) is 17.7 Å². The zero-order valence-electron chi connectivity index (χ0n) is 9.53. The third kappa shape index (κ3) is 3.96. The summed E-state index contributed by atoms with van der Waals surface area (Å²) in [6.45, 7) is 0. The lowest BCUT2D eigenvalue weighted by Crippen LogP contribution is -2.09. The van der Waals surface area contributed by atoms with Crippen molar-refractivity contribution in [3.63, 3.8) is 0 Å². The maximum Gasteiger partial charge on any atom is 0.416 e. The third-order valence-electron chi connectivity index (χ3n) is 2.24. The number of benzene rings is 1. The SMILES string of the molecule is N#CC(=C(O)CC(N)=S)c1ccc(C(F)(F)F)cc1. The molecule has 19 heavy (non-hydrogen) atoms. The van der Waals surface area contributed by atoms with E-state index in [1.165, 1.54) is 0 Å². The van der Waals surface area contributed by atoms with Crippen LogP contribution in [0.4, 0.5) is 13.2 Å². The average molecular weight is 286 g/mol. The average Bonchev–Trinajstić information content (AvgIpc) is 2.28. The number of aliphatic hydroxyl groups is 1. The van der Waals surface area contributed by atoms with Gasteiger partial charge in [0.15, 0.2) is 0 Å². The van der Waals surface area contributed by atoms with Gasteiger partial charge in [-0.1, -0.05) is 24.4 Å². The minimum absolute atomic E-state index is 0.0165. The molecule has 3 N–H and O–H groups in total. The number of thiocarbonyl (C=S) groups is 1. The van der Waals surface area contributed by atoms with Crippen LogP contribution in [-0.2, 0) is 6.18 Å². The molecule has 3 nitrogen and oxygen atoms in total. The molecule has 7 heteroatoms. The van der Waals surface area contributed by atoms with Crippen molar-refractivity contribution in [3.8, 4) is 6.07 Å². The van der Waals surface area contributed by atoms with Crippen molar-refractivity contribution in [2.75, 3.05) is 0 Å². The number of hydrogen-bond acceptors (Lipinski definition) is 3. The van der Waals surface area contributed by atoms with Crippen LogP contribution in [0.2, 0.25) is 0 Å². The zero-order chi connectivity index (χ0) is 14.6. The second-order valence-electron chi connectivity index (χ2n) is 3.65. The van der Waals surface area contributed by atoms with Crippen LogP contribution in [-0.4, -0.2) is 10.1 Å². The normalized spacial score (nSPS) is 12.5. The Bertz CT molecular complexity index is 556. The topological polar surface area (TPSA) is 70.0 Å². The van der Waals surface area contributed by atoms with E-state index in [0.717, 1.165) is 24.3 Å². The molecule has 0 fully saturated rings. The first-order chi connectivity index (χ1) is 8.75. The number of halogens is 3. The van der Waals surface area contributed by atoms with Gasteiger partial charge in [0.1, 0.15) is 11.8 Å². The van der Waals surface area contributed by atoms with E-state index in [-0.39, 0.29) is 28.3 Å². The minimum atomic E-state index is -4.45. The molecule has 1 aromatic rings.